The van der Waals surface area contributed by atoms with Crippen LogP contribution in [0.4, 0.5) is 0 Å². The Morgan fingerprint density at radius 3 is 2.36 bits per heavy atom. The number of oxazole rings is 1. The van der Waals surface area contributed by atoms with Crippen LogP contribution in [0.15, 0.2) is 41.0 Å². The van der Waals surface area contributed by atoms with Crippen molar-refractivity contribution in [1.29, 1.82) is 0 Å². The first kappa shape index (κ1) is 19.1. The van der Waals surface area contributed by atoms with Crippen molar-refractivity contribution in [2.24, 2.45) is 5.41 Å². The summed E-state index contributed by atoms with van der Waals surface area (Å²) in [5.41, 5.74) is 1.06. The van der Waals surface area contributed by atoms with E-state index in [0.717, 1.165) is 32.1 Å². The molecule has 0 bridgehead atoms. The normalized spacial score (nSPS) is 11.5. The summed E-state index contributed by atoms with van der Waals surface area (Å²) in [4.78, 5) is 28.3. The molecule has 1 aromatic heterocycles. The van der Waals surface area contributed by atoms with E-state index < -0.39 is 5.41 Å². The van der Waals surface area contributed by atoms with E-state index in [9.17, 15) is 9.59 Å². The lowest BCUT2D eigenvalue weighted by atomic mass is 9.89. The molecule has 134 valence electrons. The standard InChI is InChI=1S/C21H27NO3/c1-21(2,3)19(24)17-15-25-20(22-17)18(23)14-10-5-4-7-11-16-12-8-6-9-13-16/h6,8-9,12-13,15H,4-5,7,10-11,14H2,1-3H3. The number of hydrogen-bond acceptors (Lipinski definition) is 4. The smallest absolute Gasteiger partial charge is 0.263 e. The molecule has 0 aliphatic carbocycles. The van der Waals surface area contributed by atoms with Gasteiger partial charge >= 0.3 is 0 Å². The average Bonchev–Trinajstić information content (AvgIpc) is 3.07. The Labute approximate surface area is 149 Å². The van der Waals surface area contributed by atoms with Crippen LogP contribution in [0.1, 0.15) is 79.6 Å². The van der Waals surface area contributed by atoms with Gasteiger partial charge in [-0.25, -0.2) is 4.98 Å². The molecule has 0 saturated heterocycles. The molecule has 0 aliphatic heterocycles. The van der Waals surface area contributed by atoms with Crippen LogP contribution in [0.5, 0.6) is 0 Å². The van der Waals surface area contributed by atoms with Crippen molar-refractivity contribution in [1.82, 2.24) is 4.98 Å². The molecule has 4 heteroatoms. The molecule has 0 amide bonds. The summed E-state index contributed by atoms with van der Waals surface area (Å²) < 4.78 is 5.20. The monoisotopic (exact) mass is 341 g/mol. The van der Waals surface area contributed by atoms with Gasteiger partial charge in [0.2, 0.25) is 5.78 Å². The number of rotatable bonds is 9. The quantitative estimate of drug-likeness (QED) is 0.460. The molecule has 1 heterocycles. The molecule has 1 aromatic carbocycles. The highest BCUT2D eigenvalue weighted by Crippen LogP contribution is 2.21. The highest BCUT2D eigenvalue weighted by Gasteiger charge is 2.26. The first-order valence-electron chi connectivity index (χ1n) is 8.95. The van der Waals surface area contributed by atoms with E-state index in [1.54, 1.807) is 0 Å². The Balaban J connectivity index is 1.69. The summed E-state index contributed by atoms with van der Waals surface area (Å²) in [6.45, 7) is 5.46. The molecule has 0 atom stereocenters. The SMILES string of the molecule is CC(C)(C)C(=O)c1coc(C(=O)CCCCCCc2ccccc2)n1. The van der Waals surface area contributed by atoms with Gasteiger partial charge < -0.3 is 4.42 Å². The topological polar surface area (TPSA) is 60.2 Å². The summed E-state index contributed by atoms with van der Waals surface area (Å²) >= 11 is 0. The van der Waals surface area contributed by atoms with Crippen LogP contribution in [-0.4, -0.2) is 16.6 Å². The molecule has 2 aromatic rings. The minimum Gasteiger partial charge on any atom is -0.442 e. The number of nitrogens with zero attached hydrogens (tertiary/aromatic N) is 1. The van der Waals surface area contributed by atoms with Crippen LogP contribution >= 0.6 is 0 Å². The van der Waals surface area contributed by atoms with Crippen LogP contribution in [0.2, 0.25) is 0 Å². The van der Waals surface area contributed by atoms with Crippen molar-refractivity contribution in [2.75, 3.05) is 0 Å². The molecule has 0 N–H and O–H groups in total. The molecule has 2 rings (SSSR count). The lowest BCUT2D eigenvalue weighted by Crippen LogP contribution is -2.20. The maximum absolute atomic E-state index is 12.1. The Hall–Kier alpha value is -2.23. The van der Waals surface area contributed by atoms with Crippen molar-refractivity contribution in [3.05, 3.63) is 53.7 Å². The predicted octanol–water partition coefficient (Wildman–Crippen LogP) is 5.28. The second-order valence-corrected chi connectivity index (χ2v) is 7.44. The van der Waals surface area contributed by atoms with Crippen molar-refractivity contribution in [3.8, 4) is 0 Å². The fourth-order valence-electron chi connectivity index (χ4n) is 2.61. The van der Waals surface area contributed by atoms with Gasteiger partial charge in [0, 0.05) is 11.8 Å². The molecular formula is C21H27NO3. The van der Waals surface area contributed by atoms with Crippen LogP contribution < -0.4 is 0 Å². The number of benzene rings is 1. The summed E-state index contributed by atoms with van der Waals surface area (Å²) in [6.07, 6.45) is 6.83. The van der Waals surface area contributed by atoms with Gasteiger partial charge in [0.05, 0.1) is 0 Å². The van der Waals surface area contributed by atoms with Gasteiger partial charge in [-0.1, -0.05) is 63.9 Å². The maximum Gasteiger partial charge on any atom is 0.263 e. The van der Waals surface area contributed by atoms with Crippen molar-refractivity contribution in [3.63, 3.8) is 0 Å². The molecular weight excluding hydrogens is 314 g/mol. The largest absolute Gasteiger partial charge is 0.442 e. The molecule has 0 aliphatic rings. The number of hydrogen-bond donors (Lipinski definition) is 0. The van der Waals surface area contributed by atoms with Crippen molar-refractivity contribution in [2.45, 2.75) is 59.3 Å². The number of aryl methyl sites for hydroxylation is 1. The molecule has 0 unspecified atom stereocenters. The zero-order valence-electron chi connectivity index (χ0n) is 15.4. The van der Waals surface area contributed by atoms with Crippen molar-refractivity contribution >= 4 is 11.6 Å². The molecule has 0 fully saturated rings. The zero-order valence-corrected chi connectivity index (χ0v) is 15.4. The number of carbonyl (C=O) groups excluding carboxylic acids is 2. The number of ketones is 2. The Kier molecular flexibility index (Phi) is 6.68. The fourth-order valence-corrected chi connectivity index (χ4v) is 2.61. The fraction of sp³-hybridized carbons (Fsp3) is 0.476. The van der Waals surface area contributed by atoms with Gasteiger partial charge in [0.25, 0.3) is 5.89 Å². The first-order valence-corrected chi connectivity index (χ1v) is 8.95. The minimum absolute atomic E-state index is 0.0527. The van der Waals surface area contributed by atoms with Gasteiger partial charge in [-0.05, 0) is 24.8 Å². The zero-order chi connectivity index (χ0) is 18.3. The molecule has 0 saturated carbocycles. The number of aromatic nitrogens is 1. The van der Waals surface area contributed by atoms with Gasteiger partial charge in [0.15, 0.2) is 5.78 Å². The van der Waals surface area contributed by atoms with Crippen LogP contribution in [0.25, 0.3) is 0 Å². The van der Waals surface area contributed by atoms with Gasteiger partial charge in [-0.15, -0.1) is 0 Å². The number of Topliss-reactive ketones (excluding diaryl/α,β-unsaturated/α-hetero) is 2. The summed E-state index contributed by atoms with van der Waals surface area (Å²) in [5, 5.41) is 0. The second kappa shape index (κ2) is 8.75. The van der Waals surface area contributed by atoms with E-state index in [-0.39, 0.29) is 23.2 Å². The van der Waals surface area contributed by atoms with Gasteiger partial charge in [0.1, 0.15) is 12.0 Å². The van der Waals surface area contributed by atoms with E-state index in [1.165, 1.54) is 11.8 Å². The minimum atomic E-state index is -0.532. The highest BCUT2D eigenvalue weighted by molar-refractivity contribution is 5.99. The Morgan fingerprint density at radius 2 is 1.68 bits per heavy atom. The summed E-state index contributed by atoms with van der Waals surface area (Å²) in [6, 6.07) is 10.4. The van der Waals surface area contributed by atoms with E-state index in [1.807, 2.05) is 26.8 Å². The van der Waals surface area contributed by atoms with E-state index in [2.05, 4.69) is 29.2 Å². The van der Waals surface area contributed by atoms with E-state index in [4.69, 9.17) is 4.42 Å². The van der Waals surface area contributed by atoms with Gasteiger partial charge in [-0.3, -0.25) is 9.59 Å². The van der Waals surface area contributed by atoms with Crippen LogP contribution in [0, 0.1) is 5.41 Å². The van der Waals surface area contributed by atoms with Crippen molar-refractivity contribution < 1.29 is 14.0 Å². The highest BCUT2D eigenvalue weighted by atomic mass is 16.3. The molecule has 4 nitrogen and oxygen atoms in total. The summed E-state index contributed by atoms with van der Waals surface area (Å²) in [5.74, 6) is -0.191. The lowest BCUT2D eigenvalue weighted by Gasteiger charge is -2.13. The number of unbranched alkanes of at least 4 members (excludes halogenated alkanes) is 3. The third kappa shape index (κ3) is 5.96. The molecule has 0 radical (unpaired) electrons. The van der Waals surface area contributed by atoms with E-state index >= 15 is 0 Å². The second-order valence-electron chi connectivity index (χ2n) is 7.44. The lowest BCUT2D eigenvalue weighted by molar-refractivity contribution is 0.0853. The third-order valence-corrected chi connectivity index (χ3v) is 4.12. The number of carbonyl (C=O) groups is 2. The Bertz CT molecular complexity index is 695. The van der Waals surface area contributed by atoms with Crippen LogP contribution in [-0.2, 0) is 6.42 Å². The maximum atomic E-state index is 12.1. The Morgan fingerprint density at radius 1 is 1.00 bits per heavy atom. The van der Waals surface area contributed by atoms with E-state index in [0.29, 0.717) is 6.42 Å². The molecule has 25 heavy (non-hydrogen) atoms. The predicted molar refractivity (Wildman–Crippen MR) is 97.9 cm³/mol. The average molecular weight is 341 g/mol. The van der Waals surface area contributed by atoms with Crippen LogP contribution in [0.3, 0.4) is 0 Å². The molecule has 0 spiro atoms. The summed E-state index contributed by atoms with van der Waals surface area (Å²) in [7, 11) is 0. The third-order valence-electron chi connectivity index (χ3n) is 4.12. The van der Waals surface area contributed by atoms with Gasteiger partial charge in [-0.2, -0.15) is 0 Å². The first-order chi connectivity index (χ1) is 11.9.